The second-order valence-corrected chi connectivity index (χ2v) is 4.63. The molecule has 0 saturated heterocycles. The molecule has 0 bridgehead atoms. The monoisotopic (exact) mass is 326 g/mol. The topological polar surface area (TPSA) is 145 Å². The Bertz CT molecular complexity index is 551. The Kier molecular flexibility index (Phi) is 7.36. The van der Waals surface area contributed by atoms with Crippen LogP contribution in [0.5, 0.6) is 5.75 Å². The van der Waals surface area contributed by atoms with Crippen molar-refractivity contribution in [2.45, 2.75) is 18.3 Å². The summed E-state index contributed by atoms with van der Waals surface area (Å²) in [5, 5.41) is 45.5. The molecule has 1 rings (SSSR count). The van der Waals surface area contributed by atoms with E-state index in [9.17, 15) is 19.8 Å². The van der Waals surface area contributed by atoms with E-state index in [1.807, 2.05) is 0 Å². The van der Waals surface area contributed by atoms with E-state index >= 15 is 0 Å². The molecule has 0 spiro atoms. The molecule has 0 radical (unpaired) electrons. The maximum absolute atomic E-state index is 11.7. The summed E-state index contributed by atoms with van der Waals surface area (Å²) in [5.74, 6) is -2.06. The highest BCUT2D eigenvalue weighted by molar-refractivity contribution is 5.93. The fourth-order valence-electron chi connectivity index (χ4n) is 1.62. The van der Waals surface area contributed by atoms with E-state index in [-0.39, 0.29) is 5.75 Å². The van der Waals surface area contributed by atoms with E-state index < -0.39 is 43.3 Å². The number of aliphatic hydroxyl groups excluding tert-OH is 4. The molecule has 3 atom stereocenters. The van der Waals surface area contributed by atoms with Gasteiger partial charge in [0, 0.05) is 6.08 Å². The number of carbonyl (C=O) groups is 2. The molecular weight excluding hydrogens is 308 g/mol. The Morgan fingerprint density at radius 2 is 1.70 bits per heavy atom. The smallest absolute Gasteiger partial charge is 0.331 e. The number of benzene rings is 1. The van der Waals surface area contributed by atoms with E-state index in [0.717, 1.165) is 6.08 Å². The summed E-state index contributed by atoms with van der Waals surface area (Å²) in [6, 6.07) is 5.87. The van der Waals surface area contributed by atoms with Gasteiger partial charge in [-0.2, -0.15) is 0 Å². The van der Waals surface area contributed by atoms with Crippen LogP contribution in [0.25, 0.3) is 6.08 Å². The van der Waals surface area contributed by atoms with E-state index in [1.54, 1.807) is 0 Å². The maximum Gasteiger partial charge on any atom is 0.331 e. The van der Waals surface area contributed by atoms with Crippen molar-refractivity contribution in [2.24, 2.45) is 0 Å². The number of carbonyl (C=O) groups excluding carboxylic acids is 2. The summed E-state index contributed by atoms with van der Waals surface area (Å²) in [6.07, 6.45) is -3.05. The molecule has 0 aliphatic carbocycles. The zero-order valence-electron chi connectivity index (χ0n) is 12.1. The minimum atomic E-state index is -1.84. The number of phenolic OH excluding ortho intramolecular Hbond substituents is 1. The van der Waals surface area contributed by atoms with Crippen molar-refractivity contribution in [1.82, 2.24) is 0 Å². The predicted octanol–water partition coefficient (Wildman–Crippen LogP) is -1.41. The molecule has 1 aromatic carbocycles. The molecule has 0 amide bonds. The highest BCUT2D eigenvalue weighted by Gasteiger charge is 2.33. The molecule has 5 N–H and O–H groups in total. The number of Topliss-reactive ketones (excluding diaryl/α,β-unsaturated/α-hetero) is 1. The van der Waals surface area contributed by atoms with Gasteiger partial charge in [0.1, 0.15) is 18.0 Å². The first-order valence-electron chi connectivity index (χ1n) is 6.68. The van der Waals surface area contributed by atoms with E-state index in [2.05, 4.69) is 0 Å². The van der Waals surface area contributed by atoms with Crippen LogP contribution in [0, 0.1) is 0 Å². The number of esters is 1. The average Bonchev–Trinajstić information content (AvgIpc) is 2.57. The third-order valence-corrected chi connectivity index (χ3v) is 2.87. The molecule has 126 valence electrons. The van der Waals surface area contributed by atoms with Crippen LogP contribution >= 0.6 is 0 Å². The zero-order chi connectivity index (χ0) is 17.4. The molecule has 0 fully saturated rings. The molecule has 8 heteroatoms. The van der Waals surface area contributed by atoms with Crippen LogP contribution in [0.3, 0.4) is 0 Å². The first-order chi connectivity index (χ1) is 10.9. The van der Waals surface area contributed by atoms with E-state index in [1.165, 1.54) is 30.3 Å². The summed E-state index contributed by atoms with van der Waals surface area (Å²) >= 11 is 0. The summed E-state index contributed by atoms with van der Waals surface area (Å²) in [4.78, 5) is 23.4. The number of rotatable bonds is 8. The summed E-state index contributed by atoms with van der Waals surface area (Å²) < 4.78 is 4.73. The third-order valence-electron chi connectivity index (χ3n) is 2.87. The van der Waals surface area contributed by atoms with Crippen molar-refractivity contribution >= 4 is 17.8 Å². The normalized spacial score (nSPS) is 15.1. The first kappa shape index (κ1) is 18.8. The standard InChI is InChI=1S/C15H18O8/c16-7-11(19)14(22)15(12(20)8-17)23-13(21)6-3-9-1-4-10(18)5-2-9/h1-6,11-12,15-20H,7-8H2/t11-,12+,15+/m0/s1. The molecule has 0 heterocycles. The lowest BCUT2D eigenvalue weighted by Crippen LogP contribution is -2.46. The molecule has 23 heavy (non-hydrogen) atoms. The number of hydrogen-bond acceptors (Lipinski definition) is 8. The molecule has 0 saturated carbocycles. The Balaban J connectivity index is 2.76. The van der Waals surface area contributed by atoms with Crippen LogP contribution in [0.2, 0.25) is 0 Å². The molecule has 1 aromatic rings. The molecule has 0 unspecified atom stereocenters. The molecular formula is C15H18O8. The number of hydrogen-bond donors (Lipinski definition) is 5. The van der Waals surface area contributed by atoms with Crippen LogP contribution in [0.4, 0.5) is 0 Å². The Morgan fingerprint density at radius 3 is 2.22 bits per heavy atom. The Labute approximate surface area is 131 Å². The van der Waals surface area contributed by atoms with Crippen molar-refractivity contribution in [3.63, 3.8) is 0 Å². The van der Waals surface area contributed by atoms with Crippen LogP contribution in [0.15, 0.2) is 30.3 Å². The molecule has 0 aliphatic heterocycles. The first-order valence-corrected chi connectivity index (χ1v) is 6.68. The van der Waals surface area contributed by atoms with Gasteiger partial charge in [-0.05, 0) is 23.8 Å². The van der Waals surface area contributed by atoms with Crippen LogP contribution < -0.4 is 0 Å². The van der Waals surface area contributed by atoms with Crippen LogP contribution in [0.1, 0.15) is 5.56 Å². The van der Waals surface area contributed by atoms with Crippen molar-refractivity contribution in [3.05, 3.63) is 35.9 Å². The van der Waals surface area contributed by atoms with Gasteiger partial charge in [0.05, 0.1) is 13.2 Å². The second kappa shape index (κ2) is 9.01. The SMILES string of the molecule is O=C(C=Cc1ccc(O)cc1)O[C@@H](C(=O)[C@@H](O)CO)[C@H](O)CO. The highest BCUT2D eigenvalue weighted by Crippen LogP contribution is 2.11. The van der Waals surface area contributed by atoms with Gasteiger partial charge in [-0.3, -0.25) is 4.79 Å². The summed E-state index contributed by atoms with van der Waals surface area (Å²) in [7, 11) is 0. The molecule has 8 nitrogen and oxygen atoms in total. The lowest BCUT2D eigenvalue weighted by atomic mass is 10.1. The zero-order valence-corrected chi connectivity index (χ0v) is 12.1. The molecule has 0 aromatic heterocycles. The summed E-state index contributed by atoms with van der Waals surface area (Å²) in [6.45, 7) is -1.78. The van der Waals surface area contributed by atoms with Gasteiger partial charge < -0.3 is 30.3 Å². The number of phenols is 1. The van der Waals surface area contributed by atoms with Gasteiger partial charge in [-0.1, -0.05) is 12.1 Å². The average molecular weight is 326 g/mol. The minimum absolute atomic E-state index is 0.0550. The Morgan fingerprint density at radius 1 is 1.09 bits per heavy atom. The lowest BCUT2D eigenvalue weighted by Gasteiger charge is -2.21. The fraction of sp³-hybridized carbons (Fsp3) is 0.333. The quantitative estimate of drug-likeness (QED) is 0.289. The van der Waals surface area contributed by atoms with Crippen LogP contribution in [-0.2, 0) is 14.3 Å². The predicted molar refractivity (Wildman–Crippen MR) is 78.2 cm³/mol. The van der Waals surface area contributed by atoms with E-state index in [0.29, 0.717) is 5.56 Å². The van der Waals surface area contributed by atoms with E-state index in [4.69, 9.17) is 20.1 Å². The van der Waals surface area contributed by atoms with Gasteiger partial charge in [-0.25, -0.2) is 4.79 Å². The van der Waals surface area contributed by atoms with Gasteiger partial charge in [0.2, 0.25) is 5.78 Å². The van der Waals surface area contributed by atoms with Crippen molar-refractivity contribution in [2.75, 3.05) is 13.2 Å². The van der Waals surface area contributed by atoms with Gasteiger partial charge in [0.15, 0.2) is 6.10 Å². The Hall–Kier alpha value is -2.26. The van der Waals surface area contributed by atoms with Gasteiger partial charge >= 0.3 is 5.97 Å². The van der Waals surface area contributed by atoms with Gasteiger partial charge in [-0.15, -0.1) is 0 Å². The largest absolute Gasteiger partial charge is 0.508 e. The highest BCUT2D eigenvalue weighted by atomic mass is 16.6. The maximum atomic E-state index is 11.7. The lowest BCUT2D eigenvalue weighted by molar-refractivity contribution is -0.163. The number of ether oxygens (including phenoxy) is 1. The van der Waals surface area contributed by atoms with Crippen LogP contribution in [-0.4, -0.2) is 68.8 Å². The number of ketones is 1. The van der Waals surface area contributed by atoms with Crippen molar-refractivity contribution < 1.29 is 39.9 Å². The minimum Gasteiger partial charge on any atom is -0.508 e. The third kappa shape index (κ3) is 5.80. The van der Waals surface area contributed by atoms with Crippen molar-refractivity contribution in [1.29, 1.82) is 0 Å². The number of aliphatic hydroxyl groups is 4. The number of aromatic hydroxyl groups is 1. The second-order valence-electron chi connectivity index (χ2n) is 4.63. The molecule has 0 aliphatic rings. The van der Waals surface area contributed by atoms with Gasteiger partial charge in [0.25, 0.3) is 0 Å². The summed E-state index contributed by atoms with van der Waals surface area (Å²) in [5.41, 5.74) is 0.570. The fourth-order valence-corrected chi connectivity index (χ4v) is 1.62. The van der Waals surface area contributed by atoms with Crippen molar-refractivity contribution in [3.8, 4) is 5.75 Å².